The lowest BCUT2D eigenvalue weighted by molar-refractivity contribution is 0.414. The van der Waals surface area contributed by atoms with Crippen LogP contribution in [0.1, 0.15) is 16.8 Å². The molecule has 0 saturated carbocycles. The van der Waals surface area contributed by atoms with E-state index in [1.807, 2.05) is 12.1 Å². The molecule has 0 radical (unpaired) electrons. The maximum Gasteiger partial charge on any atom is 0.335 e. The fraction of sp³-hybridized carbons (Fsp3) is 0.192. The average Bonchev–Trinajstić information content (AvgIpc) is 3.17. The molecule has 0 aliphatic carbocycles. The molecule has 0 fully saturated rings. The van der Waals surface area contributed by atoms with Gasteiger partial charge in [0.25, 0.3) is 0 Å². The van der Waals surface area contributed by atoms with Crippen molar-refractivity contribution in [2.75, 3.05) is 19.0 Å². The van der Waals surface area contributed by atoms with Crippen LogP contribution in [0.15, 0.2) is 76.8 Å². The number of nitrogens with one attached hydrogen (secondary N) is 2. The van der Waals surface area contributed by atoms with Gasteiger partial charge in [0.1, 0.15) is 28.9 Å². The molecule has 1 aliphatic heterocycles. The number of rotatable bonds is 8. The molecule has 2 aromatic carbocycles. The molecular formula is C26H24F2N6O2. The third-order valence-electron chi connectivity index (χ3n) is 5.96. The molecular weight excluding hydrogens is 466 g/mol. The van der Waals surface area contributed by atoms with E-state index in [0.717, 1.165) is 12.0 Å². The van der Waals surface area contributed by atoms with Gasteiger partial charge in [-0.3, -0.25) is 19.9 Å². The van der Waals surface area contributed by atoms with Gasteiger partial charge >= 0.3 is 5.69 Å². The van der Waals surface area contributed by atoms with Crippen molar-refractivity contribution in [1.29, 1.82) is 0 Å². The zero-order valence-electron chi connectivity index (χ0n) is 19.5. The summed E-state index contributed by atoms with van der Waals surface area (Å²) in [5.41, 5.74) is 1.37. The van der Waals surface area contributed by atoms with E-state index < -0.39 is 23.6 Å². The number of anilines is 1. The Morgan fingerprint density at radius 1 is 1.11 bits per heavy atom. The van der Waals surface area contributed by atoms with Crippen LogP contribution in [0.2, 0.25) is 0 Å². The Kier molecular flexibility index (Phi) is 6.59. The Labute approximate surface area is 205 Å². The summed E-state index contributed by atoms with van der Waals surface area (Å²) in [6.45, 7) is 0.323. The Morgan fingerprint density at radius 2 is 1.92 bits per heavy atom. The second-order valence-electron chi connectivity index (χ2n) is 8.23. The maximum absolute atomic E-state index is 14.4. The number of ether oxygens (including phenoxy) is 1. The molecule has 5 rings (SSSR count). The maximum atomic E-state index is 14.4. The van der Waals surface area contributed by atoms with E-state index in [4.69, 9.17) is 4.74 Å². The topological polar surface area (TPSA) is 85.5 Å². The highest BCUT2D eigenvalue weighted by atomic mass is 19.1. The number of aliphatic imine (C=N–C) groups is 1. The summed E-state index contributed by atoms with van der Waals surface area (Å²) in [6, 6.07) is 14.5. The van der Waals surface area contributed by atoms with E-state index >= 15 is 0 Å². The zero-order chi connectivity index (χ0) is 25.1. The number of halogens is 2. The Balaban J connectivity index is 1.50. The Morgan fingerprint density at radius 3 is 2.67 bits per heavy atom. The van der Waals surface area contributed by atoms with Gasteiger partial charge in [0.05, 0.1) is 25.6 Å². The number of hydrogen-bond donors (Lipinski definition) is 2. The number of imidazole rings is 1. The van der Waals surface area contributed by atoms with Crippen LogP contribution in [-0.2, 0) is 13.0 Å². The molecule has 0 bridgehead atoms. The molecule has 3 heterocycles. The van der Waals surface area contributed by atoms with Crippen molar-refractivity contribution in [3.8, 4) is 11.4 Å². The van der Waals surface area contributed by atoms with Crippen molar-refractivity contribution in [2.24, 2.45) is 4.99 Å². The lowest BCUT2D eigenvalue weighted by Crippen LogP contribution is -2.38. The van der Waals surface area contributed by atoms with Crippen molar-refractivity contribution in [3.05, 3.63) is 106 Å². The lowest BCUT2D eigenvalue weighted by atomic mass is 10.2. The van der Waals surface area contributed by atoms with Gasteiger partial charge in [0.2, 0.25) is 0 Å². The number of aromatic nitrogens is 3. The number of pyridine rings is 1. The molecule has 1 aliphatic rings. The van der Waals surface area contributed by atoms with Gasteiger partial charge in [0.15, 0.2) is 6.29 Å². The van der Waals surface area contributed by atoms with E-state index in [0.29, 0.717) is 29.5 Å². The summed E-state index contributed by atoms with van der Waals surface area (Å²) in [7, 11) is 1.54. The smallest absolute Gasteiger partial charge is 0.335 e. The summed E-state index contributed by atoms with van der Waals surface area (Å²) < 4.78 is 36.9. The van der Waals surface area contributed by atoms with E-state index in [1.54, 1.807) is 42.9 Å². The van der Waals surface area contributed by atoms with Crippen LogP contribution in [0.3, 0.4) is 0 Å². The van der Waals surface area contributed by atoms with Gasteiger partial charge in [-0.1, -0.05) is 18.2 Å². The molecule has 2 N–H and O–H groups in total. The number of nitrogens with zero attached hydrogens (tertiary/aromatic N) is 4. The van der Waals surface area contributed by atoms with E-state index in [2.05, 4.69) is 20.6 Å². The van der Waals surface area contributed by atoms with Gasteiger partial charge in [-0.25, -0.2) is 18.1 Å². The SMILES string of the molecule is COc1cccc(-n2c3c(n(Cc4c(F)cccc4F)c2=O)C=NC(NCCc2cccnc2)N3)c1. The Hall–Kier alpha value is -4.31. The summed E-state index contributed by atoms with van der Waals surface area (Å²) in [5, 5.41) is 6.56. The first kappa shape index (κ1) is 23.4. The molecule has 10 heteroatoms. The van der Waals surface area contributed by atoms with Crippen LogP contribution in [0, 0.1) is 11.6 Å². The Bertz CT molecular complexity index is 1450. The van der Waals surface area contributed by atoms with Crippen LogP contribution in [0.4, 0.5) is 14.6 Å². The lowest BCUT2D eigenvalue weighted by Gasteiger charge is -2.22. The van der Waals surface area contributed by atoms with Crippen LogP contribution in [0.5, 0.6) is 5.75 Å². The number of benzene rings is 2. The van der Waals surface area contributed by atoms with Gasteiger partial charge < -0.3 is 10.1 Å². The standard InChI is InChI=1S/C26H24F2N6O2/c1-36-19-7-2-6-18(13-19)34-24-23(33(26(34)35)16-20-21(27)8-3-9-22(20)28)15-31-25(32-24)30-12-10-17-5-4-11-29-14-17/h2-9,11,13-15,25,30,32H,10,12,16H2,1H3. The number of fused-ring (bicyclic) bond motifs is 1. The molecule has 8 nitrogen and oxygen atoms in total. The van der Waals surface area contributed by atoms with Crippen molar-refractivity contribution in [3.63, 3.8) is 0 Å². The summed E-state index contributed by atoms with van der Waals surface area (Å²) in [6.07, 6.45) is 5.31. The van der Waals surface area contributed by atoms with Crippen molar-refractivity contribution in [1.82, 2.24) is 19.4 Å². The predicted octanol–water partition coefficient (Wildman–Crippen LogP) is 3.33. The second kappa shape index (κ2) is 10.1. The summed E-state index contributed by atoms with van der Waals surface area (Å²) in [4.78, 5) is 22.2. The van der Waals surface area contributed by atoms with Gasteiger partial charge in [0, 0.05) is 30.6 Å². The normalized spacial score (nSPS) is 14.4. The fourth-order valence-electron chi connectivity index (χ4n) is 4.13. The molecule has 2 aromatic heterocycles. The third-order valence-corrected chi connectivity index (χ3v) is 5.96. The average molecular weight is 491 g/mol. The van der Waals surface area contributed by atoms with Crippen molar-refractivity contribution in [2.45, 2.75) is 19.3 Å². The molecule has 1 atom stereocenters. The molecule has 36 heavy (non-hydrogen) atoms. The monoisotopic (exact) mass is 490 g/mol. The molecule has 0 amide bonds. The molecule has 0 saturated heterocycles. The van der Waals surface area contributed by atoms with E-state index in [-0.39, 0.29) is 12.1 Å². The number of hydrogen-bond acceptors (Lipinski definition) is 6. The number of methoxy groups -OCH3 is 1. The van der Waals surface area contributed by atoms with E-state index in [9.17, 15) is 13.6 Å². The minimum atomic E-state index is -0.722. The van der Waals surface area contributed by atoms with Gasteiger partial charge in [-0.2, -0.15) is 0 Å². The molecule has 1 unspecified atom stereocenters. The summed E-state index contributed by atoms with van der Waals surface area (Å²) >= 11 is 0. The fourth-order valence-corrected chi connectivity index (χ4v) is 4.13. The molecule has 184 valence electrons. The van der Waals surface area contributed by atoms with Crippen LogP contribution < -0.4 is 21.1 Å². The minimum Gasteiger partial charge on any atom is -0.497 e. The highest BCUT2D eigenvalue weighted by molar-refractivity contribution is 5.87. The van der Waals surface area contributed by atoms with Crippen molar-refractivity contribution >= 4 is 12.0 Å². The second-order valence-corrected chi connectivity index (χ2v) is 8.23. The summed E-state index contributed by atoms with van der Waals surface area (Å²) in [5.74, 6) is -0.420. The first-order valence-electron chi connectivity index (χ1n) is 11.4. The van der Waals surface area contributed by atoms with Crippen LogP contribution in [-0.4, -0.2) is 40.3 Å². The van der Waals surface area contributed by atoms with Gasteiger partial charge in [-0.15, -0.1) is 0 Å². The van der Waals surface area contributed by atoms with Crippen molar-refractivity contribution < 1.29 is 13.5 Å². The van der Waals surface area contributed by atoms with E-state index in [1.165, 1.54) is 34.4 Å². The third kappa shape index (κ3) is 4.63. The highest BCUT2D eigenvalue weighted by Gasteiger charge is 2.26. The highest BCUT2D eigenvalue weighted by Crippen LogP contribution is 2.25. The largest absolute Gasteiger partial charge is 0.497 e. The minimum absolute atomic E-state index is 0.199. The first-order valence-corrected chi connectivity index (χ1v) is 11.4. The van der Waals surface area contributed by atoms with Crippen LogP contribution >= 0.6 is 0 Å². The zero-order valence-corrected chi connectivity index (χ0v) is 19.5. The predicted molar refractivity (Wildman–Crippen MR) is 133 cm³/mol. The van der Waals surface area contributed by atoms with Gasteiger partial charge in [-0.05, 0) is 42.3 Å². The quantitative estimate of drug-likeness (QED) is 0.396. The molecule has 4 aromatic rings. The first-order chi connectivity index (χ1) is 17.5. The van der Waals surface area contributed by atoms with Crippen LogP contribution in [0.25, 0.3) is 5.69 Å². The molecule has 0 spiro atoms.